The van der Waals surface area contributed by atoms with Gasteiger partial charge in [0, 0.05) is 28.9 Å². The number of halogens is 2. The van der Waals surface area contributed by atoms with E-state index in [0.717, 1.165) is 11.3 Å². The van der Waals surface area contributed by atoms with Gasteiger partial charge in [-0.3, -0.25) is 9.59 Å². The molecular formula is C22H26Cl2N2O2S. The largest absolute Gasteiger partial charge is 0.355 e. The Hall–Kier alpha value is -1.69. The van der Waals surface area contributed by atoms with Crippen molar-refractivity contribution in [3.8, 4) is 0 Å². The number of hydrogen-bond acceptors (Lipinski definition) is 3. The fourth-order valence-electron chi connectivity index (χ4n) is 2.84. The molecule has 4 nitrogen and oxygen atoms in total. The second-order valence-electron chi connectivity index (χ2n) is 6.75. The second-order valence-corrected chi connectivity index (χ2v) is 8.58. The van der Waals surface area contributed by atoms with Gasteiger partial charge in [0.25, 0.3) is 0 Å². The van der Waals surface area contributed by atoms with E-state index in [1.165, 1.54) is 22.9 Å². The highest BCUT2D eigenvalue weighted by Gasteiger charge is 2.26. The van der Waals surface area contributed by atoms with Crippen LogP contribution >= 0.6 is 35.0 Å². The Morgan fingerprint density at radius 1 is 1.14 bits per heavy atom. The van der Waals surface area contributed by atoms with Crippen LogP contribution in [0.2, 0.25) is 10.0 Å². The number of rotatable bonds is 9. The summed E-state index contributed by atoms with van der Waals surface area (Å²) >= 11 is 13.8. The summed E-state index contributed by atoms with van der Waals surface area (Å²) in [7, 11) is 0. The van der Waals surface area contributed by atoms with Gasteiger partial charge in [-0.15, -0.1) is 11.8 Å². The van der Waals surface area contributed by atoms with Gasteiger partial charge in [-0.05, 0) is 49.6 Å². The van der Waals surface area contributed by atoms with Gasteiger partial charge in [0.15, 0.2) is 0 Å². The van der Waals surface area contributed by atoms with Crippen LogP contribution in [-0.2, 0) is 21.9 Å². The van der Waals surface area contributed by atoms with E-state index in [2.05, 4.69) is 24.4 Å². The summed E-state index contributed by atoms with van der Waals surface area (Å²) < 4.78 is 0. The molecule has 2 aromatic rings. The van der Waals surface area contributed by atoms with E-state index in [0.29, 0.717) is 16.6 Å². The zero-order chi connectivity index (χ0) is 21.4. The van der Waals surface area contributed by atoms with Crippen molar-refractivity contribution in [2.24, 2.45) is 0 Å². The van der Waals surface area contributed by atoms with Crippen molar-refractivity contribution in [2.45, 2.75) is 39.1 Å². The molecule has 0 aliphatic heterocycles. The molecule has 2 rings (SSSR count). The number of nitrogens with one attached hydrogen (secondary N) is 1. The zero-order valence-electron chi connectivity index (χ0n) is 16.9. The summed E-state index contributed by atoms with van der Waals surface area (Å²) in [6, 6.07) is 12.7. The topological polar surface area (TPSA) is 49.4 Å². The van der Waals surface area contributed by atoms with E-state index in [1.54, 1.807) is 30.0 Å². The maximum atomic E-state index is 13.0. The normalized spacial score (nSPS) is 11.8. The number of carbonyl (C=O) groups is 2. The molecule has 7 heteroatoms. The maximum absolute atomic E-state index is 13.0. The summed E-state index contributed by atoms with van der Waals surface area (Å²) in [6.45, 7) is 6.40. The number of aryl methyl sites for hydroxylation is 1. The van der Waals surface area contributed by atoms with E-state index in [1.807, 2.05) is 19.1 Å². The van der Waals surface area contributed by atoms with Crippen LogP contribution in [0.4, 0.5) is 0 Å². The Morgan fingerprint density at radius 3 is 2.52 bits per heavy atom. The van der Waals surface area contributed by atoms with Gasteiger partial charge in [-0.2, -0.15) is 0 Å². The maximum Gasteiger partial charge on any atom is 0.242 e. The van der Waals surface area contributed by atoms with Crippen molar-refractivity contribution in [1.29, 1.82) is 0 Å². The lowest BCUT2D eigenvalue weighted by molar-refractivity contribution is -0.138. The Morgan fingerprint density at radius 2 is 1.86 bits per heavy atom. The molecule has 0 aliphatic rings. The molecule has 156 valence electrons. The molecule has 0 heterocycles. The van der Waals surface area contributed by atoms with Gasteiger partial charge in [0.2, 0.25) is 11.8 Å². The Labute approximate surface area is 187 Å². The highest BCUT2D eigenvalue weighted by atomic mass is 35.5. The highest BCUT2D eigenvalue weighted by molar-refractivity contribution is 7.99. The lowest BCUT2D eigenvalue weighted by Gasteiger charge is -2.29. The molecule has 1 atom stereocenters. The monoisotopic (exact) mass is 452 g/mol. The van der Waals surface area contributed by atoms with Crippen LogP contribution in [0.1, 0.15) is 30.5 Å². The van der Waals surface area contributed by atoms with Crippen molar-refractivity contribution in [3.05, 3.63) is 69.2 Å². The fourth-order valence-corrected chi connectivity index (χ4v) is 4.30. The SMILES string of the molecule is CCNC(=O)C(C)N(Cc1ccc(Cl)cc1Cl)C(=O)CSCc1ccccc1C. The summed E-state index contributed by atoms with van der Waals surface area (Å²) in [4.78, 5) is 27.0. The van der Waals surface area contributed by atoms with E-state index < -0.39 is 6.04 Å². The lowest BCUT2D eigenvalue weighted by atomic mass is 10.1. The first-order valence-corrected chi connectivity index (χ1v) is 11.4. The molecule has 0 aromatic heterocycles. The van der Waals surface area contributed by atoms with E-state index in [9.17, 15) is 9.59 Å². The molecule has 0 spiro atoms. The molecule has 0 fully saturated rings. The minimum absolute atomic E-state index is 0.103. The Balaban J connectivity index is 2.11. The molecule has 1 unspecified atom stereocenters. The standard InChI is InChI=1S/C22H26Cl2N2O2S/c1-4-25-22(28)16(3)26(12-17-9-10-19(23)11-20(17)24)21(27)14-29-13-18-8-6-5-7-15(18)2/h5-11,16H,4,12-14H2,1-3H3,(H,25,28). The van der Waals surface area contributed by atoms with E-state index in [4.69, 9.17) is 23.2 Å². The van der Waals surface area contributed by atoms with Crippen LogP contribution < -0.4 is 5.32 Å². The van der Waals surface area contributed by atoms with Crippen molar-refractivity contribution < 1.29 is 9.59 Å². The van der Waals surface area contributed by atoms with Crippen LogP contribution in [0.15, 0.2) is 42.5 Å². The van der Waals surface area contributed by atoms with Crippen LogP contribution in [0, 0.1) is 6.92 Å². The molecule has 0 bridgehead atoms. The first kappa shape index (κ1) is 23.6. The Bertz CT molecular complexity index is 860. The van der Waals surface area contributed by atoms with E-state index in [-0.39, 0.29) is 24.1 Å². The predicted molar refractivity (Wildman–Crippen MR) is 122 cm³/mol. The van der Waals surface area contributed by atoms with Crippen LogP contribution in [0.3, 0.4) is 0 Å². The third kappa shape index (κ3) is 6.95. The average molecular weight is 453 g/mol. The second kappa shape index (κ2) is 11.5. The number of benzene rings is 2. The van der Waals surface area contributed by atoms with Crippen LogP contribution in [0.5, 0.6) is 0 Å². The fraction of sp³-hybridized carbons (Fsp3) is 0.364. The van der Waals surface area contributed by atoms with Gasteiger partial charge in [-0.1, -0.05) is 53.5 Å². The number of likely N-dealkylation sites (N-methyl/N-ethyl adjacent to an activating group) is 1. The minimum atomic E-state index is -0.603. The van der Waals surface area contributed by atoms with E-state index >= 15 is 0 Å². The van der Waals surface area contributed by atoms with Crippen molar-refractivity contribution >= 4 is 46.8 Å². The molecule has 0 radical (unpaired) electrons. The van der Waals surface area contributed by atoms with Crippen LogP contribution in [0.25, 0.3) is 0 Å². The average Bonchev–Trinajstić information content (AvgIpc) is 2.68. The summed E-state index contributed by atoms with van der Waals surface area (Å²) in [5.41, 5.74) is 3.16. The third-order valence-corrected chi connectivity index (χ3v) is 6.17. The molecule has 0 aliphatic carbocycles. The number of nitrogens with zero attached hydrogens (tertiary/aromatic N) is 1. The van der Waals surface area contributed by atoms with Crippen molar-refractivity contribution in [2.75, 3.05) is 12.3 Å². The van der Waals surface area contributed by atoms with Crippen LogP contribution in [-0.4, -0.2) is 35.1 Å². The van der Waals surface area contributed by atoms with Crippen molar-refractivity contribution in [1.82, 2.24) is 10.2 Å². The third-order valence-electron chi connectivity index (χ3n) is 4.62. The molecule has 29 heavy (non-hydrogen) atoms. The highest BCUT2D eigenvalue weighted by Crippen LogP contribution is 2.24. The number of amides is 2. The van der Waals surface area contributed by atoms with Gasteiger partial charge >= 0.3 is 0 Å². The summed E-state index contributed by atoms with van der Waals surface area (Å²) in [5.74, 6) is 0.732. The minimum Gasteiger partial charge on any atom is -0.355 e. The molecule has 1 N–H and O–H groups in total. The number of thioether (sulfide) groups is 1. The molecular weight excluding hydrogens is 427 g/mol. The van der Waals surface area contributed by atoms with Gasteiger partial charge in [0.1, 0.15) is 6.04 Å². The van der Waals surface area contributed by atoms with Crippen molar-refractivity contribution in [3.63, 3.8) is 0 Å². The summed E-state index contributed by atoms with van der Waals surface area (Å²) in [5, 5.41) is 3.79. The number of hydrogen-bond donors (Lipinski definition) is 1. The van der Waals surface area contributed by atoms with Gasteiger partial charge < -0.3 is 10.2 Å². The summed E-state index contributed by atoms with van der Waals surface area (Å²) in [6.07, 6.45) is 0. The Kier molecular flexibility index (Phi) is 9.34. The smallest absolute Gasteiger partial charge is 0.242 e. The first-order valence-electron chi connectivity index (χ1n) is 9.46. The molecule has 2 aromatic carbocycles. The molecule has 2 amide bonds. The van der Waals surface area contributed by atoms with Gasteiger partial charge in [-0.25, -0.2) is 0 Å². The quantitative estimate of drug-likeness (QED) is 0.576. The molecule has 0 saturated heterocycles. The molecule has 0 saturated carbocycles. The zero-order valence-corrected chi connectivity index (χ0v) is 19.2. The predicted octanol–water partition coefficient (Wildman–Crippen LogP) is 5.09. The number of carbonyl (C=O) groups excluding carboxylic acids is 2. The van der Waals surface area contributed by atoms with Gasteiger partial charge in [0.05, 0.1) is 5.75 Å². The lowest BCUT2D eigenvalue weighted by Crippen LogP contribution is -2.48. The first-order chi connectivity index (χ1) is 13.8.